The third-order valence-electron chi connectivity index (χ3n) is 4.89. The topological polar surface area (TPSA) is 105 Å². The number of benzene rings is 3. The molecule has 3 aromatic carbocycles. The van der Waals surface area contributed by atoms with Crippen molar-refractivity contribution in [1.29, 1.82) is 0 Å². The van der Waals surface area contributed by atoms with Gasteiger partial charge in [0.25, 0.3) is 0 Å². The zero-order chi connectivity index (χ0) is 28.2. The van der Waals surface area contributed by atoms with Crippen LogP contribution in [-0.2, 0) is 25.7 Å². The number of rotatable bonds is 9. The van der Waals surface area contributed by atoms with Crippen molar-refractivity contribution in [2.75, 3.05) is 7.11 Å². The minimum Gasteiger partial charge on any atom is -0.497 e. The first-order valence-corrected chi connectivity index (χ1v) is 11.3. The summed E-state index contributed by atoms with van der Waals surface area (Å²) >= 11 is 0. The van der Waals surface area contributed by atoms with Crippen LogP contribution < -0.4 is 14.2 Å². The number of esters is 3. The van der Waals surface area contributed by atoms with E-state index in [4.69, 9.17) is 18.9 Å². The highest BCUT2D eigenvalue weighted by Crippen LogP contribution is 2.26. The standard InChI is InChI=1S/C15H16O5.C15H12O3/c1-5-14(16)19-9-11-8-12(18-4)6-7-13(11)20-15(17)10(2)3;1-10(2)15(17)18-14-6-5-12-7-11(9-16)3-4-13(12)8-14/h5-8H,1-2,9H2,3-4H3;3-9H,1H2,2H3. The van der Waals surface area contributed by atoms with Gasteiger partial charge in [-0.25, -0.2) is 14.4 Å². The van der Waals surface area contributed by atoms with Crippen LogP contribution in [0, 0.1) is 0 Å². The fraction of sp³-hybridized carbons (Fsp3) is 0.133. The Morgan fingerprint density at radius 1 is 0.816 bits per heavy atom. The van der Waals surface area contributed by atoms with Gasteiger partial charge < -0.3 is 18.9 Å². The van der Waals surface area contributed by atoms with Gasteiger partial charge in [-0.3, -0.25) is 4.79 Å². The predicted octanol–water partition coefficient (Wildman–Crippen LogP) is 5.54. The third kappa shape index (κ3) is 8.60. The molecule has 8 heteroatoms. The van der Waals surface area contributed by atoms with Gasteiger partial charge in [0, 0.05) is 28.3 Å². The van der Waals surface area contributed by atoms with E-state index in [-0.39, 0.29) is 17.9 Å². The summed E-state index contributed by atoms with van der Waals surface area (Å²) in [6, 6.07) is 15.4. The van der Waals surface area contributed by atoms with Gasteiger partial charge in [-0.05, 0) is 61.0 Å². The molecule has 0 amide bonds. The Morgan fingerprint density at radius 3 is 2.03 bits per heavy atom. The first kappa shape index (κ1) is 29.3. The van der Waals surface area contributed by atoms with Crippen molar-refractivity contribution in [3.8, 4) is 17.2 Å². The molecule has 0 N–H and O–H groups in total. The van der Waals surface area contributed by atoms with Gasteiger partial charge in [0.05, 0.1) is 7.11 Å². The molecule has 3 rings (SSSR count). The summed E-state index contributed by atoms with van der Waals surface area (Å²) in [5.41, 5.74) is 1.75. The van der Waals surface area contributed by atoms with Crippen LogP contribution in [0.2, 0.25) is 0 Å². The molecule has 0 aliphatic carbocycles. The average Bonchev–Trinajstić information content (AvgIpc) is 2.91. The van der Waals surface area contributed by atoms with Gasteiger partial charge in [-0.1, -0.05) is 37.9 Å². The lowest BCUT2D eigenvalue weighted by Gasteiger charge is -2.11. The molecule has 3 aromatic rings. The van der Waals surface area contributed by atoms with Crippen molar-refractivity contribution in [2.45, 2.75) is 20.5 Å². The molecule has 0 radical (unpaired) electrons. The summed E-state index contributed by atoms with van der Waals surface area (Å²) in [5.74, 6) is -0.245. The molecule has 0 aliphatic rings. The van der Waals surface area contributed by atoms with E-state index < -0.39 is 17.9 Å². The highest BCUT2D eigenvalue weighted by Gasteiger charge is 2.12. The van der Waals surface area contributed by atoms with Gasteiger partial charge >= 0.3 is 17.9 Å². The van der Waals surface area contributed by atoms with Crippen LogP contribution in [0.1, 0.15) is 29.8 Å². The number of fused-ring (bicyclic) bond motifs is 1. The number of carbonyl (C=O) groups is 4. The second kappa shape index (κ2) is 13.9. The third-order valence-corrected chi connectivity index (χ3v) is 4.89. The van der Waals surface area contributed by atoms with E-state index in [0.717, 1.165) is 23.1 Å². The zero-order valence-electron chi connectivity index (χ0n) is 21.4. The Kier molecular flexibility index (Phi) is 10.7. The van der Waals surface area contributed by atoms with Crippen LogP contribution in [-0.4, -0.2) is 31.3 Å². The minimum absolute atomic E-state index is 0.0547. The maximum atomic E-state index is 11.5. The SMILES string of the molecule is C=C(C)C(=O)Oc1ccc2cc(C=O)ccc2c1.C=CC(=O)OCc1cc(OC)ccc1OC(=O)C(=C)C. The highest BCUT2D eigenvalue weighted by atomic mass is 16.5. The van der Waals surface area contributed by atoms with E-state index >= 15 is 0 Å². The van der Waals surface area contributed by atoms with E-state index in [1.807, 2.05) is 12.1 Å². The first-order valence-electron chi connectivity index (χ1n) is 11.3. The van der Waals surface area contributed by atoms with E-state index in [1.54, 1.807) is 56.3 Å². The molecule has 0 heterocycles. The fourth-order valence-electron chi connectivity index (χ4n) is 2.86. The molecule has 38 heavy (non-hydrogen) atoms. The van der Waals surface area contributed by atoms with Crippen molar-refractivity contribution in [1.82, 2.24) is 0 Å². The lowest BCUT2D eigenvalue weighted by Crippen LogP contribution is -2.11. The maximum absolute atomic E-state index is 11.5. The van der Waals surface area contributed by atoms with Crippen molar-refractivity contribution in [2.24, 2.45) is 0 Å². The lowest BCUT2D eigenvalue weighted by atomic mass is 10.1. The monoisotopic (exact) mass is 516 g/mol. The molecule has 0 unspecified atom stereocenters. The normalized spacial score (nSPS) is 9.76. The quantitative estimate of drug-likeness (QED) is 0.158. The molecule has 8 nitrogen and oxygen atoms in total. The van der Waals surface area contributed by atoms with Gasteiger partial charge in [0.1, 0.15) is 30.1 Å². The Bertz CT molecular complexity index is 1400. The van der Waals surface area contributed by atoms with Crippen LogP contribution in [0.25, 0.3) is 10.8 Å². The summed E-state index contributed by atoms with van der Waals surface area (Å²) in [5, 5.41) is 1.84. The largest absolute Gasteiger partial charge is 0.497 e. The molecule has 0 fully saturated rings. The molecule has 0 aliphatic heterocycles. The number of aldehydes is 1. The Balaban J connectivity index is 0.000000268. The Morgan fingerprint density at radius 2 is 1.42 bits per heavy atom. The molecule has 0 atom stereocenters. The van der Waals surface area contributed by atoms with Crippen LogP contribution in [0.3, 0.4) is 0 Å². The van der Waals surface area contributed by atoms with Gasteiger partial charge in [-0.2, -0.15) is 0 Å². The molecule has 196 valence electrons. The van der Waals surface area contributed by atoms with Crippen molar-refractivity contribution in [3.05, 3.63) is 103 Å². The number of methoxy groups -OCH3 is 1. The minimum atomic E-state index is -0.565. The van der Waals surface area contributed by atoms with Crippen molar-refractivity contribution < 1.29 is 38.1 Å². The Labute approximate surface area is 220 Å². The number of hydrogen-bond acceptors (Lipinski definition) is 8. The summed E-state index contributed by atoms with van der Waals surface area (Å²) < 4.78 is 20.3. The molecule has 0 saturated carbocycles. The summed E-state index contributed by atoms with van der Waals surface area (Å²) in [6.07, 6.45) is 1.86. The van der Waals surface area contributed by atoms with Crippen molar-refractivity contribution in [3.63, 3.8) is 0 Å². The predicted molar refractivity (Wildman–Crippen MR) is 143 cm³/mol. The maximum Gasteiger partial charge on any atom is 0.338 e. The number of carbonyl (C=O) groups excluding carboxylic acids is 4. The number of hydrogen-bond donors (Lipinski definition) is 0. The summed E-state index contributed by atoms with van der Waals surface area (Å²) in [7, 11) is 1.51. The molecular formula is C30H28O8. The number of ether oxygens (including phenoxy) is 4. The molecule has 0 spiro atoms. The van der Waals surface area contributed by atoms with Gasteiger partial charge in [0.15, 0.2) is 0 Å². The van der Waals surface area contributed by atoms with E-state index in [9.17, 15) is 19.2 Å². The highest BCUT2D eigenvalue weighted by molar-refractivity contribution is 5.92. The Hall–Kier alpha value is -4.98. The van der Waals surface area contributed by atoms with Gasteiger partial charge in [0.2, 0.25) is 0 Å². The van der Waals surface area contributed by atoms with Crippen LogP contribution in [0.15, 0.2) is 91.6 Å². The molecular weight excluding hydrogens is 488 g/mol. The second-order valence-corrected chi connectivity index (χ2v) is 8.01. The second-order valence-electron chi connectivity index (χ2n) is 8.01. The van der Waals surface area contributed by atoms with Crippen LogP contribution in [0.4, 0.5) is 0 Å². The fourth-order valence-corrected chi connectivity index (χ4v) is 2.86. The average molecular weight is 517 g/mol. The van der Waals surface area contributed by atoms with Crippen LogP contribution in [0.5, 0.6) is 17.2 Å². The molecule has 0 aromatic heterocycles. The van der Waals surface area contributed by atoms with Crippen molar-refractivity contribution >= 4 is 35.0 Å². The molecule has 0 saturated heterocycles. The smallest absolute Gasteiger partial charge is 0.338 e. The molecule has 0 bridgehead atoms. The van der Waals surface area contributed by atoms with E-state index in [2.05, 4.69) is 19.7 Å². The summed E-state index contributed by atoms with van der Waals surface area (Å²) in [6.45, 7) is 13.4. The lowest BCUT2D eigenvalue weighted by molar-refractivity contribution is -0.139. The van der Waals surface area contributed by atoms with Crippen LogP contribution >= 0.6 is 0 Å². The zero-order valence-corrected chi connectivity index (χ0v) is 21.4. The first-order chi connectivity index (χ1) is 18.1. The van der Waals surface area contributed by atoms with E-state index in [0.29, 0.717) is 28.2 Å². The van der Waals surface area contributed by atoms with E-state index in [1.165, 1.54) is 7.11 Å². The van der Waals surface area contributed by atoms with Gasteiger partial charge in [-0.15, -0.1) is 0 Å². The summed E-state index contributed by atoms with van der Waals surface area (Å²) in [4.78, 5) is 44.7.